The highest BCUT2D eigenvalue weighted by Gasteiger charge is 2.23. The first-order chi connectivity index (χ1) is 18.9. The number of fused-ring (bicyclic) bond motifs is 1. The van der Waals surface area contributed by atoms with E-state index >= 15 is 0 Å². The van der Waals surface area contributed by atoms with Gasteiger partial charge in [0.15, 0.2) is 0 Å². The molecule has 0 aliphatic carbocycles. The van der Waals surface area contributed by atoms with Crippen LogP contribution in [0.25, 0.3) is 10.8 Å². The Morgan fingerprint density at radius 1 is 0.775 bits per heavy atom. The van der Waals surface area contributed by atoms with Gasteiger partial charge < -0.3 is 20.9 Å². The number of carbonyl (C=O) groups is 3. The van der Waals surface area contributed by atoms with Gasteiger partial charge in [0.25, 0.3) is 11.8 Å². The largest absolute Gasteiger partial charge is 0.354 e. The summed E-state index contributed by atoms with van der Waals surface area (Å²) < 4.78 is 0. The van der Waals surface area contributed by atoms with Crippen LogP contribution in [0.15, 0.2) is 97.1 Å². The predicted molar refractivity (Wildman–Crippen MR) is 163 cm³/mol. The van der Waals surface area contributed by atoms with Crippen LogP contribution in [0.5, 0.6) is 0 Å². The number of anilines is 1. The lowest BCUT2D eigenvalue weighted by molar-refractivity contribution is -0.122. The Morgan fingerprint density at radius 3 is 2.20 bits per heavy atom. The lowest BCUT2D eigenvalue weighted by atomic mass is 10.0. The van der Waals surface area contributed by atoms with Crippen LogP contribution < -0.4 is 16.0 Å². The minimum Gasteiger partial charge on any atom is -0.354 e. The van der Waals surface area contributed by atoms with Crippen LogP contribution in [0.2, 0.25) is 0 Å². The lowest BCUT2D eigenvalue weighted by Crippen LogP contribution is -2.48. The van der Waals surface area contributed by atoms with Gasteiger partial charge in [0.2, 0.25) is 5.91 Å². The number of nitrogens with one attached hydrogen (secondary N) is 3. The fourth-order valence-corrected chi connectivity index (χ4v) is 4.34. The van der Waals surface area contributed by atoms with E-state index in [0.29, 0.717) is 24.2 Å². The Labute approximate surface area is 241 Å². The maximum Gasteiger partial charge on any atom is 0.255 e. The van der Waals surface area contributed by atoms with Gasteiger partial charge in [0.1, 0.15) is 6.04 Å². The Hall–Kier alpha value is -4.20. The van der Waals surface area contributed by atoms with Crippen LogP contribution >= 0.6 is 12.4 Å². The lowest BCUT2D eigenvalue weighted by Gasteiger charge is -2.20. The Balaban J connectivity index is 0.00000441. The number of benzene rings is 4. The van der Waals surface area contributed by atoms with Gasteiger partial charge >= 0.3 is 0 Å². The van der Waals surface area contributed by atoms with Crippen LogP contribution in [-0.4, -0.2) is 55.8 Å². The molecule has 0 aliphatic heterocycles. The fraction of sp³-hybridized carbons (Fsp3) is 0.219. The number of halogens is 1. The van der Waals surface area contributed by atoms with Gasteiger partial charge in [-0.05, 0) is 67.7 Å². The van der Waals surface area contributed by atoms with E-state index in [1.165, 1.54) is 0 Å². The third-order valence-electron chi connectivity index (χ3n) is 6.42. The minimum absolute atomic E-state index is 0. The molecule has 3 N–H and O–H groups in total. The van der Waals surface area contributed by atoms with Crippen molar-refractivity contribution in [1.82, 2.24) is 15.5 Å². The van der Waals surface area contributed by atoms with Gasteiger partial charge in [0, 0.05) is 18.5 Å². The fourth-order valence-electron chi connectivity index (χ4n) is 4.34. The molecule has 4 rings (SSSR count). The second-order valence-corrected chi connectivity index (χ2v) is 9.73. The van der Waals surface area contributed by atoms with Crippen molar-refractivity contribution in [3.05, 3.63) is 114 Å². The molecule has 7 nitrogen and oxygen atoms in total. The molecular formula is C32H35ClN4O3. The molecule has 4 aromatic carbocycles. The van der Waals surface area contributed by atoms with E-state index in [9.17, 15) is 14.4 Å². The topological polar surface area (TPSA) is 90.5 Å². The molecule has 0 bridgehead atoms. The molecule has 0 saturated heterocycles. The number of nitrogens with zero attached hydrogens (tertiary/aromatic N) is 1. The van der Waals surface area contributed by atoms with Crippen molar-refractivity contribution in [2.75, 3.05) is 32.5 Å². The van der Waals surface area contributed by atoms with E-state index in [-0.39, 0.29) is 29.8 Å². The van der Waals surface area contributed by atoms with E-state index in [1.807, 2.05) is 80.8 Å². The Bertz CT molecular complexity index is 1440. The minimum atomic E-state index is -0.775. The van der Waals surface area contributed by atoms with E-state index in [1.54, 1.807) is 30.3 Å². The van der Waals surface area contributed by atoms with Crippen molar-refractivity contribution >= 4 is 46.6 Å². The standard InChI is InChI=1S/C32H34N4O3.ClH/c1-36(2)20-10-19-33-32(39)29(21-23-11-4-3-5-12-23)35-31(38)27-15-8-9-16-28(27)34-30(37)26-18-17-24-13-6-7-14-25(24)22-26;/h3-9,11-18,22,29H,10,19-21H2,1-2H3,(H,33,39)(H,34,37)(H,35,38);1H/t29-;/m0./s1. The normalized spacial score (nSPS) is 11.4. The van der Waals surface area contributed by atoms with Gasteiger partial charge in [0.05, 0.1) is 11.3 Å². The first-order valence-corrected chi connectivity index (χ1v) is 13.1. The number of hydrogen-bond acceptors (Lipinski definition) is 4. The van der Waals surface area contributed by atoms with Crippen molar-refractivity contribution in [3.63, 3.8) is 0 Å². The monoisotopic (exact) mass is 558 g/mol. The Kier molecular flexibility index (Phi) is 11.2. The number of para-hydroxylation sites is 1. The first kappa shape index (κ1) is 30.3. The average Bonchev–Trinajstić information content (AvgIpc) is 2.95. The highest BCUT2D eigenvalue weighted by Crippen LogP contribution is 2.20. The summed E-state index contributed by atoms with van der Waals surface area (Å²) in [5, 5.41) is 10.7. The maximum absolute atomic E-state index is 13.4. The highest BCUT2D eigenvalue weighted by atomic mass is 35.5. The summed E-state index contributed by atoms with van der Waals surface area (Å²) in [7, 11) is 3.97. The highest BCUT2D eigenvalue weighted by molar-refractivity contribution is 6.10. The zero-order chi connectivity index (χ0) is 27.6. The van der Waals surface area contributed by atoms with Crippen LogP contribution in [-0.2, 0) is 11.2 Å². The summed E-state index contributed by atoms with van der Waals surface area (Å²) in [6.07, 6.45) is 1.14. The molecule has 8 heteroatoms. The summed E-state index contributed by atoms with van der Waals surface area (Å²) in [5.41, 5.74) is 2.08. The summed E-state index contributed by atoms with van der Waals surface area (Å²) >= 11 is 0. The molecule has 0 unspecified atom stereocenters. The third kappa shape index (κ3) is 8.40. The second kappa shape index (κ2) is 14.8. The van der Waals surface area contributed by atoms with Crippen molar-refractivity contribution in [2.24, 2.45) is 0 Å². The van der Waals surface area contributed by atoms with Crippen LogP contribution in [0.4, 0.5) is 5.69 Å². The average molecular weight is 559 g/mol. The maximum atomic E-state index is 13.4. The SMILES string of the molecule is CN(C)CCCNC(=O)[C@H](Cc1ccccc1)NC(=O)c1ccccc1NC(=O)c1ccc2ccccc2c1.Cl. The van der Waals surface area contributed by atoms with Crippen molar-refractivity contribution < 1.29 is 14.4 Å². The molecule has 3 amide bonds. The molecule has 0 saturated carbocycles. The Morgan fingerprint density at radius 2 is 1.45 bits per heavy atom. The molecule has 0 aromatic heterocycles. The van der Waals surface area contributed by atoms with Crippen LogP contribution in [0.1, 0.15) is 32.7 Å². The van der Waals surface area contributed by atoms with Crippen molar-refractivity contribution in [1.29, 1.82) is 0 Å². The van der Waals surface area contributed by atoms with Crippen molar-refractivity contribution in [2.45, 2.75) is 18.9 Å². The van der Waals surface area contributed by atoms with Gasteiger partial charge in [-0.1, -0.05) is 72.8 Å². The third-order valence-corrected chi connectivity index (χ3v) is 6.42. The number of carbonyl (C=O) groups excluding carboxylic acids is 3. The number of hydrogen-bond donors (Lipinski definition) is 3. The molecule has 40 heavy (non-hydrogen) atoms. The molecule has 208 valence electrons. The molecule has 0 radical (unpaired) electrons. The van der Waals surface area contributed by atoms with Crippen LogP contribution in [0, 0.1) is 0 Å². The van der Waals surface area contributed by atoms with Crippen LogP contribution in [0.3, 0.4) is 0 Å². The summed E-state index contributed by atoms with van der Waals surface area (Å²) in [6, 6.07) is 28.9. The predicted octanol–water partition coefficient (Wildman–Crippen LogP) is 4.92. The molecule has 0 heterocycles. The molecule has 0 fully saturated rings. The zero-order valence-corrected chi connectivity index (χ0v) is 23.5. The molecular weight excluding hydrogens is 524 g/mol. The summed E-state index contributed by atoms with van der Waals surface area (Å²) in [5.74, 6) is -1.00. The second-order valence-electron chi connectivity index (χ2n) is 9.73. The molecule has 0 aliphatic rings. The van der Waals surface area contributed by atoms with Gasteiger partial charge in [-0.2, -0.15) is 0 Å². The molecule has 0 spiro atoms. The van der Waals surface area contributed by atoms with E-state index in [0.717, 1.165) is 29.3 Å². The molecule has 4 aromatic rings. The number of rotatable bonds is 11. The van der Waals surface area contributed by atoms with E-state index in [4.69, 9.17) is 0 Å². The number of amides is 3. The van der Waals surface area contributed by atoms with E-state index < -0.39 is 11.9 Å². The summed E-state index contributed by atoms with van der Waals surface area (Å²) in [6.45, 7) is 1.36. The zero-order valence-electron chi connectivity index (χ0n) is 22.7. The molecule has 1 atom stereocenters. The summed E-state index contributed by atoms with van der Waals surface area (Å²) in [4.78, 5) is 41.7. The van der Waals surface area contributed by atoms with Gasteiger partial charge in [-0.3, -0.25) is 14.4 Å². The van der Waals surface area contributed by atoms with Gasteiger partial charge in [-0.15, -0.1) is 12.4 Å². The first-order valence-electron chi connectivity index (χ1n) is 13.1. The van der Waals surface area contributed by atoms with E-state index in [2.05, 4.69) is 20.9 Å². The van der Waals surface area contributed by atoms with Crippen molar-refractivity contribution in [3.8, 4) is 0 Å². The smallest absolute Gasteiger partial charge is 0.255 e. The van der Waals surface area contributed by atoms with Gasteiger partial charge in [-0.25, -0.2) is 0 Å². The quantitative estimate of drug-likeness (QED) is 0.228.